The fraction of sp³-hybridized carbons (Fsp3) is 0.500. The molecule has 2 aromatic rings. The number of hydrogen-bond acceptors (Lipinski definition) is 0. The van der Waals surface area contributed by atoms with Crippen LogP contribution in [0, 0.1) is 31.0 Å². The van der Waals surface area contributed by atoms with Crippen LogP contribution in [0.25, 0.3) is 5.57 Å². The van der Waals surface area contributed by atoms with E-state index in [2.05, 4.69) is 111 Å². The largest absolute Gasteiger partial charge is 0.207 e. The first kappa shape index (κ1) is 42.8. The number of benzene rings is 2. The van der Waals surface area contributed by atoms with Gasteiger partial charge in [0.1, 0.15) is 5.82 Å². The highest BCUT2D eigenvalue weighted by atomic mass is 19.1. The predicted molar refractivity (Wildman–Crippen MR) is 189 cm³/mol. The van der Waals surface area contributed by atoms with Crippen LogP contribution in [-0.4, -0.2) is 0 Å². The summed E-state index contributed by atoms with van der Waals surface area (Å²) in [6.07, 6.45) is 11.1. The lowest BCUT2D eigenvalue weighted by Crippen LogP contribution is -2.21. The molecule has 0 nitrogen and oxygen atoms in total. The van der Waals surface area contributed by atoms with E-state index in [1.165, 1.54) is 30.0 Å². The minimum Gasteiger partial charge on any atom is -0.207 e. The van der Waals surface area contributed by atoms with Crippen LogP contribution >= 0.6 is 0 Å². The zero-order valence-electron chi connectivity index (χ0n) is 29.5. The summed E-state index contributed by atoms with van der Waals surface area (Å²) in [6, 6.07) is 13.5. The fourth-order valence-electron chi connectivity index (χ4n) is 3.82. The Bertz CT molecular complexity index is 1010. The van der Waals surface area contributed by atoms with Crippen molar-refractivity contribution in [2.75, 3.05) is 0 Å². The zero-order valence-corrected chi connectivity index (χ0v) is 29.5. The van der Waals surface area contributed by atoms with E-state index in [-0.39, 0.29) is 5.82 Å². The Morgan fingerprint density at radius 1 is 0.902 bits per heavy atom. The maximum atomic E-state index is 13.2. The van der Waals surface area contributed by atoms with Crippen molar-refractivity contribution in [1.29, 1.82) is 0 Å². The van der Waals surface area contributed by atoms with Crippen molar-refractivity contribution < 1.29 is 4.39 Å². The number of halogens is 1. The van der Waals surface area contributed by atoms with E-state index in [1.54, 1.807) is 6.92 Å². The molecule has 2 rings (SSSR count). The lowest BCUT2D eigenvalue weighted by Gasteiger charge is -2.31. The lowest BCUT2D eigenvalue weighted by atomic mass is 9.74. The first-order chi connectivity index (χ1) is 19.2. The number of rotatable bonds is 9. The Balaban J connectivity index is -0.000000581. The van der Waals surface area contributed by atoms with Crippen LogP contribution in [0.15, 0.2) is 85.0 Å². The number of aryl methyl sites for hydroxylation is 2. The van der Waals surface area contributed by atoms with Gasteiger partial charge in [-0.1, -0.05) is 153 Å². The molecule has 0 aliphatic heterocycles. The minimum atomic E-state index is -0.153. The summed E-state index contributed by atoms with van der Waals surface area (Å²) in [5.41, 5.74) is 8.09. The molecule has 0 radical (unpaired) electrons. The lowest BCUT2D eigenvalue weighted by molar-refractivity contribution is 0.275. The molecule has 0 fully saturated rings. The Kier molecular flexibility index (Phi) is 26.2. The van der Waals surface area contributed by atoms with Crippen molar-refractivity contribution in [2.24, 2.45) is 11.3 Å². The first-order valence-corrected chi connectivity index (χ1v) is 15.7. The Labute approximate surface area is 256 Å². The summed E-state index contributed by atoms with van der Waals surface area (Å²) in [5.74, 6) is 0.528. The Hall–Kier alpha value is -2.67. The van der Waals surface area contributed by atoms with Crippen LogP contribution < -0.4 is 0 Å². The third kappa shape index (κ3) is 20.8. The molecule has 0 aliphatic rings. The molecule has 0 heterocycles. The van der Waals surface area contributed by atoms with Gasteiger partial charge in [-0.15, -0.1) is 0 Å². The van der Waals surface area contributed by atoms with E-state index in [1.807, 2.05) is 46.8 Å². The highest BCUT2D eigenvalue weighted by Gasteiger charge is 2.24. The molecular formula is C40H65F. The van der Waals surface area contributed by atoms with Crippen molar-refractivity contribution in [2.45, 2.75) is 123 Å². The van der Waals surface area contributed by atoms with Gasteiger partial charge in [0.25, 0.3) is 0 Å². The van der Waals surface area contributed by atoms with Gasteiger partial charge < -0.3 is 0 Å². The summed E-state index contributed by atoms with van der Waals surface area (Å²) in [6.45, 7) is 37.5. The van der Waals surface area contributed by atoms with E-state index < -0.39 is 0 Å². The van der Waals surface area contributed by atoms with Gasteiger partial charge in [-0.25, -0.2) is 4.39 Å². The molecule has 0 saturated carbocycles. The predicted octanol–water partition coefficient (Wildman–Crippen LogP) is 13.7. The van der Waals surface area contributed by atoms with Crippen LogP contribution in [0.1, 0.15) is 125 Å². The van der Waals surface area contributed by atoms with Crippen molar-refractivity contribution in [1.82, 2.24) is 0 Å². The van der Waals surface area contributed by atoms with Crippen LogP contribution in [-0.2, 0) is 6.42 Å². The topological polar surface area (TPSA) is 0 Å². The SMILES string of the molecule is C=C(C)/C=C\CCC(C)(C=C(C)C)C(C)C.C=C(Cc1ccc(F)c(C)c1)c1ccc(C)cc1.CC.CC.CCC. The van der Waals surface area contributed by atoms with Crippen molar-refractivity contribution in [3.05, 3.63) is 113 Å². The van der Waals surface area contributed by atoms with E-state index in [4.69, 9.17) is 0 Å². The van der Waals surface area contributed by atoms with Gasteiger partial charge in [0, 0.05) is 0 Å². The summed E-state index contributed by atoms with van der Waals surface area (Å²) in [5, 5.41) is 0. The van der Waals surface area contributed by atoms with Crippen LogP contribution in [0.2, 0.25) is 0 Å². The van der Waals surface area contributed by atoms with Crippen molar-refractivity contribution in [3.63, 3.8) is 0 Å². The summed E-state index contributed by atoms with van der Waals surface area (Å²) >= 11 is 0. The Morgan fingerprint density at radius 2 is 1.41 bits per heavy atom. The standard InChI is InChI=1S/C17H17F.C16H28.C3H8.2C2H6/c1-12-4-7-16(8-5-12)13(2)10-15-6-9-17(18)14(3)11-15;1-13(2)10-8-9-11-16(7,15(5)6)12-14(3)4;1-3-2;2*1-2/h4-9,11H,2,10H2,1,3H3;8,10,12,15H,1,9,11H2,2-7H3;3H2,1-2H3;2*1-2H3/b;10-8-;;;. The van der Waals surface area contributed by atoms with Gasteiger partial charge in [0.05, 0.1) is 0 Å². The van der Waals surface area contributed by atoms with Crippen LogP contribution in [0.3, 0.4) is 0 Å². The molecule has 0 aromatic heterocycles. The molecular weight excluding hydrogens is 499 g/mol. The number of allylic oxidation sites excluding steroid dienone is 6. The third-order valence-corrected chi connectivity index (χ3v) is 6.29. The molecule has 0 saturated heterocycles. The second-order valence-electron chi connectivity index (χ2n) is 11.1. The molecule has 0 amide bonds. The second-order valence-corrected chi connectivity index (χ2v) is 11.1. The van der Waals surface area contributed by atoms with E-state index in [0.717, 1.165) is 35.1 Å². The molecule has 1 unspecified atom stereocenters. The van der Waals surface area contributed by atoms with E-state index >= 15 is 0 Å². The second kappa shape index (κ2) is 25.1. The van der Waals surface area contributed by atoms with Gasteiger partial charge in [-0.2, -0.15) is 0 Å². The summed E-state index contributed by atoms with van der Waals surface area (Å²) in [7, 11) is 0. The molecule has 41 heavy (non-hydrogen) atoms. The molecule has 1 heteroatoms. The van der Waals surface area contributed by atoms with Crippen molar-refractivity contribution >= 4 is 5.57 Å². The average Bonchev–Trinajstić information content (AvgIpc) is 2.92. The normalized spacial score (nSPS) is 11.2. The van der Waals surface area contributed by atoms with E-state index in [9.17, 15) is 4.39 Å². The van der Waals surface area contributed by atoms with Gasteiger partial charge >= 0.3 is 0 Å². The fourth-order valence-corrected chi connectivity index (χ4v) is 3.82. The quantitative estimate of drug-likeness (QED) is 0.210. The Morgan fingerprint density at radius 3 is 1.83 bits per heavy atom. The van der Waals surface area contributed by atoms with Gasteiger partial charge in [-0.3, -0.25) is 0 Å². The number of hydrogen-bond donors (Lipinski definition) is 0. The van der Waals surface area contributed by atoms with Crippen LogP contribution in [0.4, 0.5) is 4.39 Å². The van der Waals surface area contributed by atoms with Gasteiger partial charge in [0.15, 0.2) is 0 Å². The van der Waals surface area contributed by atoms with Gasteiger partial charge in [-0.05, 0) is 93.5 Å². The maximum Gasteiger partial charge on any atom is 0.126 e. The molecule has 232 valence electrons. The minimum absolute atomic E-state index is 0.153. The third-order valence-electron chi connectivity index (χ3n) is 6.29. The highest BCUT2D eigenvalue weighted by molar-refractivity contribution is 5.65. The van der Waals surface area contributed by atoms with Crippen molar-refractivity contribution in [3.8, 4) is 0 Å². The van der Waals surface area contributed by atoms with Gasteiger partial charge in [0.2, 0.25) is 0 Å². The molecule has 0 bridgehead atoms. The highest BCUT2D eigenvalue weighted by Crippen LogP contribution is 2.35. The molecule has 1 atom stereocenters. The molecule has 2 aromatic carbocycles. The molecule has 0 aliphatic carbocycles. The summed E-state index contributed by atoms with van der Waals surface area (Å²) in [4.78, 5) is 0. The molecule has 0 spiro atoms. The monoisotopic (exact) mass is 565 g/mol. The average molecular weight is 565 g/mol. The van der Waals surface area contributed by atoms with Crippen LogP contribution in [0.5, 0.6) is 0 Å². The first-order valence-electron chi connectivity index (χ1n) is 15.7. The molecule has 0 N–H and O–H groups in total. The summed E-state index contributed by atoms with van der Waals surface area (Å²) < 4.78 is 13.2. The maximum absolute atomic E-state index is 13.2. The van der Waals surface area contributed by atoms with E-state index in [0.29, 0.717) is 16.9 Å². The smallest absolute Gasteiger partial charge is 0.126 e. The zero-order chi connectivity index (χ0) is 32.6.